The lowest BCUT2D eigenvalue weighted by Gasteiger charge is -2.27. The number of nitrogens with one attached hydrogen (secondary N) is 1. The zero-order chi connectivity index (χ0) is 22.2. The SMILES string of the molecule is N#Cc1c(-c2ccc(NC3CCC(O)CC3)c(Cl)c2)ccn2c(CC(F)(F)F)cnc12. The van der Waals surface area contributed by atoms with Crippen molar-refractivity contribution in [1.82, 2.24) is 9.38 Å². The van der Waals surface area contributed by atoms with E-state index >= 15 is 0 Å². The summed E-state index contributed by atoms with van der Waals surface area (Å²) in [7, 11) is 0. The largest absolute Gasteiger partial charge is 0.394 e. The van der Waals surface area contributed by atoms with Gasteiger partial charge in [-0.1, -0.05) is 17.7 Å². The van der Waals surface area contributed by atoms with Gasteiger partial charge in [-0.15, -0.1) is 0 Å². The topological polar surface area (TPSA) is 73.3 Å². The first kappa shape index (κ1) is 21.5. The summed E-state index contributed by atoms with van der Waals surface area (Å²) in [5, 5.41) is 23.2. The standard InChI is InChI=1S/C22H20ClF3N4O/c23-19-9-13(1-6-20(19)29-14-2-4-16(31)5-3-14)17-7-8-30-15(10-22(24,25)26)12-28-21(30)18(17)11-27/h1,6-9,12,14,16,29,31H,2-5,10H2. The second kappa shape index (κ2) is 8.40. The van der Waals surface area contributed by atoms with Crippen molar-refractivity contribution in [3.63, 3.8) is 0 Å². The van der Waals surface area contributed by atoms with Gasteiger partial charge in [-0.2, -0.15) is 18.4 Å². The second-order valence-corrected chi connectivity index (χ2v) is 8.20. The van der Waals surface area contributed by atoms with Crippen molar-refractivity contribution >= 4 is 22.9 Å². The third kappa shape index (κ3) is 4.63. The number of aliphatic hydroxyl groups is 1. The van der Waals surface area contributed by atoms with Crippen LogP contribution in [-0.4, -0.2) is 32.8 Å². The van der Waals surface area contributed by atoms with Crippen LogP contribution in [0, 0.1) is 11.3 Å². The minimum Gasteiger partial charge on any atom is -0.393 e. The van der Waals surface area contributed by atoms with Crippen LogP contribution < -0.4 is 5.32 Å². The van der Waals surface area contributed by atoms with Gasteiger partial charge < -0.3 is 14.8 Å². The number of pyridine rings is 1. The van der Waals surface area contributed by atoms with E-state index in [0.717, 1.165) is 37.6 Å². The third-order valence-electron chi connectivity index (χ3n) is 5.59. The molecule has 4 rings (SSSR count). The van der Waals surface area contributed by atoms with Gasteiger partial charge in [0.25, 0.3) is 0 Å². The number of alkyl halides is 3. The number of aromatic nitrogens is 2. The number of benzene rings is 1. The maximum Gasteiger partial charge on any atom is 0.394 e. The van der Waals surface area contributed by atoms with Crippen molar-refractivity contribution in [2.45, 2.75) is 50.4 Å². The Balaban J connectivity index is 1.64. The number of nitrogens with zero attached hydrogens (tertiary/aromatic N) is 3. The van der Waals surface area contributed by atoms with E-state index in [9.17, 15) is 23.5 Å². The number of anilines is 1. The number of fused-ring (bicyclic) bond motifs is 1. The molecule has 5 nitrogen and oxygen atoms in total. The van der Waals surface area contributed by atoms with Gasteiger partial charge in [0.1, 0.15) is 11.6 Å². The normalized spacial score (nSPS) is 19.4. The summed E-state index contributed by atoms with van der Waals surface area (Å²) in [5.41, 5.74) is 2.33. The Kier molecular flexibility index (Phi) is 5.82. The highest BCUT2D eigenvalue weighted by Crippen LogP contribution is 2.34. The van der Waals surface area contributed by atoms with Crippen molar-refractivity contribution in [1.29, 1.82) is 5.26 Å². The van der Waals surface area contributed by atoms with Crippen LogP contribution >= 0.6 is 11.6 Å². The lowest BCUT2D eigenvalue weighted by molar-refractivity contribution is -0.127. The van der Waals surface area contributed by atoms with Crippen molar-refractivity contribution in [2.75, 3.05) is 5.32 Å². The van der Waals surface area contributed by atoms with Gasteiger partial charge in [0, 0.05) is 24.0 Å². The van der Waals surface area contributed by atoms with E-state index in [-0.39, 0.29) is 29.1 Å². The molecule has 2 aromatic heterocycles. The third-order valence-corrected chi connectivity index (χ3v) is 5.90. The molecular weight excluding hydrogens is 429 g/mol. The van der Waals surface area contributed by atoms with Gasteiger partial charge in [0.2, 0.25) is 0 Å². The van der Waals surface area contributed by atoms with Gasteiger partial charge in [-0.25, -0.2) is 4.98 Å². The fraction of sp³-hybridized carbons (Fsp3) is 0.364. The Bertz CT molecular complexity index is 1140. The van der Waals surface area contributed by atoms with E-state index in [0.29, 0.717) is 16.1 Å². The Morgan fingerprint density at radius 2 is 1.97 bits per heavy atom. The van der Waals surface area contributed by atoms with E-state index in [1.165, 1.54) is 10.6 Å². The van der Waals surface area contributed by atoms with Crippen LogP contribution in [0.4, 0.5) is 18.9 Å². The summed E-state index contributed by atoms with van der Waals surface area (Å²) >= 11 is 6.48. The Hall–Kier alpha value is -2.76. The van der Waals surface area contributed by atoms with Crippen LogP contribution in [0.2, 0.25) is 5.02 Å². The average molecular weight is 449 g/mol. The van der Waals surface area contributed by atoms with Crippen LogP contribution in [-0.2, 0) is 6.42 Å². The fourth-order valence-electron chi connectivity index (χ4n) is 4.03. The van der Waals surface area contributed by atoms with Gasteiger partial charge in [0.05, 0.1) is 28.9 Å². The van der Waals surface area contributed by atoms with Crippen LogP contribution in [0.5, 0.6) is 0 Å². The van der Waals surface area contributed by atoms with Crippen LogP contribution in [0.1, 0.15) is 36.9 Å². The quantitative estimate of drug-likeness (QED) is 0.564. The van der Waals surface area contributed by atoms with Crippen LogP contribution in [0.15, 0.2) is 36.7 Å². The van der Waals surface area contributed by atoms with E-state index in [4.69, 9.17) is 11.6 Å². The molecule has 0 atom stereocenters. The van der Waals surface area contributed by atoms with Crippen molar-refractivity contribution < 1.29 is 18.3 Å². The molecule has 0 aliphatic heterocycles. The summed E-state index contributed by atoms with van der Waals surface area (Å²) in [6, 6.07) is 9.28. The predicted molar refractivity (Wildman–Crippen MR) is 112 cm³/mol. The van der Waals surface area contributed by atoms with Gasteiger partial charge >= 0.3 is 6.18 Å². The molecule has 0 unspecified atom stereocenters. The Morgan fingerprint density at radius 1 is 1.23 bits per heavy atom. The number of hydrogen-bond donors (Lipinski definition) is 2. The highest BCUT2D eigenvalue weighted by Gasteiger charge is 2.30. The molecule has 1 aliphatic carbocycles. The molecule has 0 bridgehead atoms. The molecular formula is C22H20ClF3N4O. The minimum atomic E-state index is -4.37. The lowest BCUT2D eigenvalue weighted by Crippen LogP contribution is -2.28. The maximum absolute atomic E-state index is 12.8. The molecule has 2 heterocycles. The summed E-state index contributed by atoms with van der Waals surface area (Å²) in [6.45, 7) is 0. The zero-order valence-corrected chi connectivity index (χ0v) is 17.2. The van der Waals surface area contributed by atoms with Gasteiger partial charge in [0.15, 0.2) is 5.65 Å². The highest BCUT2D eigenvalue weighted by molar-refractivity contribution is 6.33. The molecule has 31 heavy (non-hydrogen) atoms. The summed E-state index contributed by atoms with van der Waals surface area (Å²) in [4.78, 5) is 4.06. The van der Waals surface area contributed by atoms with E-state index < -0.39 is 12.6 Å². The Morgan fingerprint density at radius 3 is 2.61 bits per heavy atom. The first-order valence-electron chi connectivity index (χ1n) is 9.95. The summed E-state index contributed by atoms with van der Waals surface area (Å²) < 4.78 is 39.7. The smallest absolute Gasteiger partial charge is 0.393 e. The second-order valence-electron chi connectivity index (χ2n) is 7.80. The van der Waals surface area contributed by atoms with E-state index in [2.05, 4.69) is 16.4 Å². The number of imidazole rings is 1. The van der Waals surface area contributed by atoms with Crippen molar-refractivity contribution in [3.8, 4) is 17.2 Å². The average Bonchev–Trinajstić information content (AvgIpc) is 3.11. The minimum absolute atomic E-state index is 0.0271. The monoisotopic (exact) mass is 448 g/mol. The lowest BCUT2D eigenvalue weighted by atomic mass is 9.93. The molecule has 0 spiro atoms. The molecule has 162 valence electrons. The van der Waals surface area contributed by atoms with Crippen LogP contribution in [0.25, 0.3) is 16.8 Å². The molecule has 1 saturated carbocycles. The molecule has 1 aliphatic rings. The van der Waals surface area contributed by atoms with E-state index in [1.54, 1.807) is 12.1 Å². The van der Waals surface area contributed by atoms with Gasteiger partial charge in [-0.05, 0) is 49.4 Å². The molecule has 9 heteroatoms. The molecule has 1 aromatic carbocycles. The number of hydrogen-bond acceptors (Lipinski definition) is 4. The van der Waals surface area contributed by atoms with Crippen LogP contribution in [0.3, 0.4) is 0 Å². The molecule has 0 amide bonds. The molecule has 2 N–H and O–H groups in total. The maximum atomic E-state index is 12.8. The van der Waals surface area contributed by atoms with E-state index in [1.807, 2.05) is 12.1 Å². The number of halogens is 4. The molecule has 0 saturated heterocycles. The van der Waals surface area contributed by atoms with Gasteiger partial charge in [-0.3, -0.25) is 0 Å². The first-order valence-corrected chi connectivity index (χ1v) is 10.3. The zero-order valence-electron chi connectivity index (χ0n) is 16.5. The molecule has 1 fully saturated rings. The number of rotatable bonds is 4. The molecule has 3 aromatic rings. The Labute approximate surface area is 182 Å². The predicted octanol–water partition coefficient (Wildman–Crippen LogP) is 5.35. The first-order chi connectivity index (χ1) is 14.7. The van der Waals surface area contributed by atoms with Crippen molar-refractivity contribution in [3.05, 3.63) is 52.9 Å². The summed E-state index contributed by atoms with van der Waals surface area (Å²) in [5.74, 6) is 0. The number of aliphatic hydroxyl groups excluding tert-OH is 1. The molecule has 0 radical (unpaired) electrons. The highest BCUT2D eigenvalue weighted by atomic mass is 35.5. The summed E-state index contributed by atoms with van der Waals surface area (Å²) in [6.07, 6.45) is 0.121. The fourth-order valence-corrected chi connectivity index (χ4v) is 4.26. The number of nitriles is 1. The van der Waals surface area contributed by atoms with Crippen molar-refractivity contribution in [2.24, 2.45) is 0 Å².